The van der Waals surface area contributed by atoms with E-state index in [9.17, 15) is 14.9 Å². The van der Waals surface area contributed by atoms with Gasteiger partial charge in [-0.05, 0) is 62.3 Å². The molecule has 0 amide bonds. The summed E-state index contributed by atoms with van der Waals surface area (Å²) in [7, 11) is 1.59. The van der Waals surface area contributed by atoms with Crippen LogP contribution in [0.4, 0.5) is 5.00 Å². The Morgan fingerprint density at radius 1 is 1.31 bits per heavy atom. The Morgan fingerprint density at radius 2 is 2.12 bits per heavy atom. The van der Waals surface area contributed by atoms with Crippen LogP contribution in [0.2, 0.25) is 0 Å². The van der Waals surface area contributed by atoms with E-state index in [1.54, 1.807) is 25.4 Å². The number of esters is 1. The summed E-state index contributed by atoms with van der Waals surface area (Å²) in [4.78, 5) is 27.0. The number of allylic oxidation sites excluding steroid dienone is 2. The topological polar surface area (TPSA) is 88.4 Å². The number of carbonyl (C=O) groups is 2. The van der Waals surface area contributed by atoms with Gasteiger partial charge in [-0.2, -0.15) is 5.26 Å². The maximum atomic E-state index is 13.1. The lowest BCUT2D eigenvalue weighted by Gasteiger charge is -2.29. The van der Waals surface area contributed by atoms with Gasteiger partial charge in [-0.15, -0.1) is 11.3 Å². The lowest BCUT2D eigenvalue weighted by molar-refractivity contribution is -0.151. The molecule has 1 aromatic carbocycles. The molecule has 1 aromatic heterocycles. The summed E-state index contributed by atoms with van der Waals surface area (Å²) < 4.78 is 10.6. The second kappa shape index (κ2) is 9.58. The van der Waals surface area contributed by atoms with Crippen molar-refractivity contribution >= 4 is 28.1 Å². The standard InChI is InChI=1S/C25H26N2O4S/c1-3-31-25(29)23-19(15-7-6-8-17(11-15)30-2)12-16(13-21(23)28)27-24-20(14-26)18-9-4-5-10-22(18)32-24/h6-8,11,13,19,23,27H,3-5,9-10,12H2,1-2H3/t19-,23+/m1/s1. The maximum absolute atomic E-state index is 13.1. The first-order chi connectivity index (χ1) is 15.5. The normalized spacial score (nSPS) is 20.0. The van der Waals surface area contributed by atoms with Crippen LogP contribution >= 0.6 is 11.3 Å². The van der Waals surface area contributed by atoms with Gasteiger partial charge < -0.3 is 14.8 Å². The zero-order valence-electron chi connectivity index (χ0n) is 18.3. The molecular formula is C25H26N2O4S. The van der Waals surface area contributed by atoms with E-state index in [4.69, 9.17) is 9.47 Å². The van der Waals surface area contributed by atoms with E-state index in [1.807, 2.05) is 24.3 Å². The van der Waals surface area contributed by atoms with Gasteiger partial charge in [0, 0.05) is 22.6 Å². The van der Waals surface area contributed by atoms with Crippen LogP contribution in [0.25, 0.3) is 0 Å². The minimum atomic E-state index is -0.903. The van der Waals surface area contributed by atoms with Crippen molar-refractivity contribution in [3.8, 4) is 11.8 Å². The summed E-state index contributed by atoms with van der Waals surface area (Å²) in [5, 5.41) is 13.9. The summed E-state index contributed by atoms with van der Waals surface area (Å²) >= 11 is 1.60. The summed E-state index contributed by atoms with van der Waals surface area (Å²) in [5.74, 6) is -1.42. The number of hydrogen-bond donors (Lipinski definition) is 1. The van der Waals surface area contributed by atoms with E-state index in [0.717, 1.165) is 41.8 Å². The summed E-state index contributed by atoms with van der Waals surface area (Å²) in [6.45, 7) is 1.95. The fourth-order valence-corrected chi connectivity index (χ4v) is 5.85. The molecule has 1 N–H and O–H groups in total. The number of benzene rings is 1. The summed E-state index contributed by atoms with van der Waals surface area (Å²) in [6, 6.07) is 9.80. The predicted octanol–water partition coefficient (Wildman–Crippen LogP) is 4.74. The molecule has 0 aliphatic heterocycles. The lowest BCUT2D eigenvalue weighted by Crippen LogP contribution is -2.35. The van der Waals surface area contributed by atoms with E-state index >= 15 is 0 Å². The van der Waals surface area contributed by atoms with Crippen LogP contribution in [0.5, 0.6) is 5.75 Å². The fourth-order valence-electron chi connectivity index (χ4n) is 4.57. The Bertz CT molecular complexity index is 1110. The van der Waals surface area contributed by atoms with Crippen LogP contribution in [0.3, 0.4) is 0 Å². The number of thiophene rings is 1. The van der Waals surface area contributed by atoms with Gasteiger partial charge in [0.25, 0.3) is 0 Å². The highest BCUT2D eigenvalue weighted by atomic mass is 32.1. The number of nitrogens with one attached hydrogen (secondary N) is 1. The van der Waals surface area contributed by atoms with Crippen molar-refractivity contribution in [2.45, 2.75) is 44.9 Å². The highest BCUT2D eigenvalue weighted by Gasteiger charge is 2.40. The average Bonchev–Trinajstić information content (AvgIpc) is 3.15. The second-order valence-electron chi connectivity index (χ2n) is 8.04. The van der Waals surface area contributed by atoms with Crippen LogP contribution in [0.1, 0.15) is 53.7 Å². The molecule has 0 unspecified atom stereocenters. The number of methoxy groups -OCH3 is 1. The van der Waals surface area contributed by atoms with E-state index in [2.05, 4.69) is 11.4 Å². The number of fused-ring (bicyclic) bond motifs is 1. The van der Waals surface area contributed by atoms with Crippen LogP contribution in [0.15, 0.2) is 36.0 Å². The molecule has 7 heteroatoms. The molecule has 1 heterocycles. The molecule has 0 saturated carbocycles. The molecule has 0 saturated heterocycles. The van der Waals surface area contributed by atoms with Gasteiger partial charge in [-0.1, -0.05) is 12.1 Å². The van der Waals surface area contributed by atoms with Crippen molar-refractivity contribution in [1.82, 2.24) is 0 Å². The molecule has 2 aromatic rings. The van der Waals surface area contributed by atoms with Crippen molar-refractivity contribution in [1.29, 1.82) is 5.26 Å². The van der Waals surface area contributed by atoms with Crippen LogP contribution in [-0.4, -0.2) is 25.5 Å². The zero-order valence-corrected chi connectivity index (χ0v) is 19.1. The van der Waals surface area contributed by atoms with Crippen molar-refractivity contribution in [3.05, 3.63) is 57.6 Å². The van der Waals surface area contributed by atoms with Crippen molar-refractivity contribution < 1.29 is 19.1 Å². The molecule has 4 rings (SSSR count). The van der Waals surface area contributed by atoms with E-state index in [-0.39, 0.29) is 18.3 Å². The maximum Gasteiger partial charge on any atom is 0.317 e. The molecule has 32 heavy (non-hydrogen) atoms. The molecule has 2 aliphatic carbocycles. The van der Waals surface area contributed by atoms with Gasteiger partial charge in [0.15, 0.2) is 5.78 Å². The third kappa shape index (κ3) is 4.28. The predicted molar refractivity (Wildman–Crippen MR) is 123 cm³/mol. The third-order valence-corrected chi connectivity index (χ3v) is 7.29. The Kier molecular flexibility index (Phi) is 6.61. The van der Waals surface area contributed by atoms with Crippen molar-refractivity contribution in [2.24, 2.45) is 5.92 Å². The van der Waals surface area contributed by atoms with Gasteiger partial charge in [0.2, 0.25) is 0 Å². The molecule has 166 valence electrons. The van der Waals surface area contributed by atoms with E-state index in [0.29, 0.717) is 23.4 Å². The van der Waals surface area contributed by atoms with Gasteiger partial charge in [-0.25, -0.2) is 0 Å². The quantitative estimate of drug-likeness (QED) is 0.505. The Labute approximate surface area is 191 Å². The number of hydrogen-bond acceptors (Lipinski definition) is 7. The lowest BCUT2D eigenvalue weighted by atomic mass is 9.76. The van der Waals surface area contributed by atoms with Crippen molar-refractivity contribution in [2.75, 3.05) is 19.0 Å². The molecular weight excluding hydrogens is 424 g/mol. The first kappa shape index (κ1) is 22.1. The first-order valence-electron chi connectivity index (χ1n) is 10.9. The molecule has 0 fully saturated rings. The minimum absolute atomic E-state index is 0.217. The summed E-state index contributed by atoms with van der Waals surface area (Å²) in [5.41, 5.74) is 3.37. The van der Waals surface area contributed by atoms with Crippen LogP contribution in [-0.2, 0) is 27.2 Å². The minimum Gasteiger partial charge on any atom is -0.497 e. The number of anilines is 1. The van der Waals surface area contributed by atoms with Crippen LogP contribution in [0, 0.1) is 17.2 Å². The molecule has 0 spiro atoms. The van der Waals surface area contributed by atoms with Crippen molar-refractivity contribution in [3.63, 3.8) is 0 Å². The molecule has 6 nitrogen and oxygen atoms in total. The van der Waals surface area contributed by atoms with Gasteiger partial charge in [0.05, 0.1) is 19.3 Å². The smallest absolute Gasteiger partial charge is 0.317 e. The zero-order chi connectivity index (χ0) is 22.7. The third-order valence-electron chi connectivity index (χ3n) is 6.08. The summed E-state index contributed by atoms with van der Waals surface area (Å²) in [6.07, 6.45) is 6.10. The SMILES string of the molecule is CCOC(=O)[C@@H]1C(=O)C=C(Nc2sc3c(c2C#N)CCCC3)C[C@@H]1c1cccc(OC)c1. The van der Waals surface area contributed by atoms with Gasteiger partial charge in [0.1, 0.15) is 22.7 Å². The van der Waals surface area contributed by atoms with E-state index in [1.165, 1.54) is 11.0 Å². The molecule has 2 atom stereocenters. The number of nitrogens with zero attached hydrogens (tertiary/aromatic N) is 1. The Balaban J connectivity index is 1.68. The monoisotopic (exact) mass is 450 g/mol. The highest BCUT2D eigenvalue weighted by Crippen LogP contribution is 2.42. The number of carbonyl (C=O) groups excluding carboxylic acids is 2. The first-order valence-corrected chi connectivity index (χ1v) is 11.7. The van der Waals surface area contributed by atoms with Gasteiger partial charge in [-0.3, -0.25) is 9.59 Å². The Hall–Kier alpha value is -3.11. The van der Waals surface area contributed by atoms with Crippen LogP contribution < -0.4 is 10.1 Å². The Morgan fingerprint density at radius 3 is 2.88 bits per heavy atom. The van der Waals surface area contributed by atoms with E-state index < -0.39 is 11.9 Å². The second-order valence-corrected chi connectivity index (χ2v) is 9.15. The highest BCUT2D eigenvalue weighted by molar-refractivity contribution is 7.16. The molecule has 2 aliphatic rings. The number of ketones is 1. The average molecular weight is 451 g/mol. The largest absolute Gasteiger partial charge is 0.497 e. The fraction of sp³-hybridized carbons (Fsp3) is 0.400. The number of aryl methyl sites for hydroxylation is 1. The number of rotatable bonds is 6. The molecule has 0 bridgehead atoms. The number of nitriles is 1. The number of ether oxygens (including phenoxy) is 2. The van der Waals surface area contributed by atoms with Gasteiger partial charge >= 0.3 is 5.97 Å². The molecule has 0 radical (unpaired) electrons.